The zero-order valence-electron chi connectivity index (χ0n) is 19.8. The number of amides is 1. The number of rotatable bonds is 7. The molecule has 8 heteroatoms. The minimum Gasteiger partial charge on any atom is -0.298 e. The highest BCUT2D eigenvalue weighted by Crippen LogP contribution is 2.38. The van der Waals surface area contributed by atoms with Crippen LogP contribution in [0.1, 0.15) is 35.6 Å². The van der Waals surface area contributed by atoms with Crippen molar-refractivity contribution in [3.05, 3.63) is 118 Å². The summed E-state index contributed by atoms with van der Waals surface area (Å²) < 4.78 is 13.8. The summed E-state index contributed by atoms with van der Waals surface area (Å²) in [7, 11) is 0. The first kappa shape index (κ1) is 24.6. The van der Waals surface area contributed by atoms with Gasteiger partial charge in [0.05, 0.1) is 16.7 Å². The molecule has 2 heterocycles. The molecule has 0 saturated heterocycles. The van der Waals surface area contributed by atoms with Gasteiger partial charge in [0.2, 0.25) is 5.91 Å². The van der Waals surface area contributed by atoms with Crippen LogP contribution in [0.3, 0.4) is 0 Å². The molecule has 2 aromatic heterocycles. The molecule has 0 unspecified atom stereocenters. The summed E-state index contributed by atoms with van der Waals surface area (Å²) >= 11 is 7.87. The number of thiazole rings is 1. The van der Waals surface area contributed by atoms with Gasteiger partial charge < -0.3 is 0 Å². The van der Waals surface area contributed by atoms with E-state index in [1.165, 1.54) is 29.5 Å². The second-order valence-electron chi connectivity index (χ2n) is 8.29. The average Bonchev–Trinajstić information content (AvgIpc) is 3.59. The van der Waals surface area contributed by atoms with Crippen LogP contribution in [0.2, 0.25) is 5.02 Å². The van der Waals surface area contributed by atoms with Gasteiger partial charge in [-0.15, -0.1) is 11.3 Å². The van der Waals surface area contributed by atoms with Crippen LogP contribution in [0.4, 0.5) is 9.52 Å². The number of halogens is 2. The maximum absolute atomic E-state index is 13.8. The van der Waals surface area contributed by atoms with E-state index in [1.807, 2.05) is 36.4 Å². The normalized spacial score (nSPS) is 12.2. The van der Waals surface area contributed by atoms with Gasteiger partial charge in [0.25, 0.3) is 0 Å². The zero-order valence-corrected chi connectivity index (χ0v) is 21.4. The lowest BCUT2D eigenvalue weighted by Crippen LogP contribution is -2.07. The number of nitrogens with zero attached hydrogens (tertiary/aromatic N) is 2. The number of hydrogen-bond donors (Lipinski definition) is 2. The van der Waals surface area contributed by atoms with Crippen LogP contribution in [0.15, 0.2) is 84.5 Å². The van der Waals surface area contributed by atoms with Gasteiger partial charge in [-0.05, 0) is 70.2 Å². The van der Waals surface area contributed by atoms with Crippen LogP contribution < -0.4 is 5.32 Å². The van der Waals surface area contributed by atoms with Gasteiger partial charge >= 0.3 is 0 Å². The minimum atomic E-state index is -0.374. The third-order valence-corrected chi connectivity index (χ3v) is 6.93. The van der Waals surface area contributed by atoms with Crippen molar-refractivity contribution < 1.29 is 9.18 Å². The van der Waals surface area contributed by atoms with Crippen molar-refractivity contribution in [2.45, 2.75) is 13.3 Å². The van der Waals surface area contributed by atoms with Gasteiger partial charge in [0.1, 0.15) is 5.82 Å². The second-order valence-corrected chi connectivity index (χ2v) is 9.59. The molecule has 5 nitrogen and oxygen atoms in total. The molecule has 0 aliphatic rings. The van der Waals surface area contributed by atoms with Crippen LogP contribution in [0, 0.1) is 5.82 Å². The number of aromatic amines is 1. The topological polar surface area (TPSA) is 70.7 Å². The Labute approximate surface area is 222 Å². The number of hydrogen-bond acceptors (Lipinski definition) is 4. The summed E-state index contributed by atoms with van der Waals surface area (Å²) in [6.45, 7) is 2.06. The van der Waals surface area contributed by atoms with Crippen molar-refractivity contribution in [1.29, 1.82) is 0 Å². The molecule has 3 aromatic carbocycles. The second kappa shape index (κ2) is 10.9. The molecule has 0 aliphatic carbocycles. The van der Waals surface area contributed by atoms with Crippen LogP contribution in [-0.4, -0.2) is 21.1 Å². The number of carbonyl (C=O) groups excluding carboxylic acids is 1. The predicted molar refractivity (Wildman–Crippen MR) is 150 cm³/mol. The molecule has 0 saturated carbocycles. The summed E-state index contributed by atoms with van der Waals surface area (Å²) in [4.78, 5) is 16.2. The Morgan fingerprint density at radius 1 is 1.11 bits per heavy atom. The van der Waals surface area contributed by atoms with E-state index in [2.05, 4.69) is 33.5 Å². The molecule has 5 aromatic rings. The maximum atomic E-state index is 13.8. The lowest BCUT2D eigenvalue weighted by molar-refractivity contribution is -0.111. The molecule has 0 spiro atoms. The third kappa shape index (κ3) is 5.53. The third-order valence-electron chi connectivity index (χ3n) is 5.93. The number of anilines is 1. The molecule has 1 amide bonds. The number of H-pyrrole nitrogens is 1. The molecule has 0 radical (unpaired) electrons. The van der Waals surface area contributed by atoms with Crippen molar-refractivity contribution in [1.82, 2.24) is 15.2 Å². The Balaban J connectivity index is 1.55. The molecule has 0 aliphatic heterocycles. The predicted octanol–water partition coefficient (Wildman–Crippen LogP) is 7.83. The van der Waals surface area contributed by atoms with Crippen molar-refractivity contribution in [2.75, 3.05) is 5.32 Å². The molecule has 5 rings (SSSR count). The monoisotopic (exact) mass is 528 g/mol. The molecule has 37 heavy (non-hydrogen) atoms. The Morgan fingerprint density at radius 3 is 2.65 bits per heavy atom. The molecular formula is C29H22ClFN4OS. The highest BCUT2D eigenvalue weighted by Gasteiger charge is 2.16. The fourth-order valence-electron chi connectivity index (χ4n) is 4.21. The number of fused-ring (bicyclic) bond motifs is 1. The molecule has 0 bridgehead atoms. The van der Waals surface area contributed by atoms with E-state index >= 15 is 0 Å². The quantitative estimate of drug-likeness (QED) is 0.167. The average molecular weight is 529 g/mol. The van der Waals surface area contributed by atoms with Gasteiger partial charge in [0, 0.05) is 23.0 Å². The standard InChI is InChI=1S/C29H22ClFN4OS/c1-2-23(24-10-9-22(31)16-25(24)30)28(20-8-11-26-21(15-20)17-33-35-26)19-6-3-18(4-7-19)5-12-27(36)34-29-32-13-14-37-29/h3-17H,2H2,1H3,(H,33,35)(H,32,34,36)/b12-5+,28-23+. The van der Waals surface area contributed by atoms with E-state index in [-0.39, 0.29) is 11.7 Å². The van der Waals surface area contributed by atoms with Gasteiger partial charge in [-0.1, -0.05) is 54.9 Å². The first-order chi connectivity index (χ1) is 18.0. The van der Waals surface area contributed by atoms with Crippen molar-refractivity contribution >= 4 is 62.1 Å². The number of carbonyl (C=O) groups is 1. The van der Waals surface area contributed by atoms with Crippen LogP contribution in [0.25, 0.3) is 28.1 Å². The van der Waals surface area contributed by atoms with E-state index < -0.39 is 0 Å². The lowest BCUT2D eigenvalue weighted by atomic mass is 9.87. The Kier molecular flexibility index (Phi) is 7.25. The van der Waals surface area contributed by atoms with Gasteiger partial charge in [-0.25, -0.2) is 9.37 Å². The maximum Gasteiger partial charge on any atom is 0.250 e. The highest BCUT2D eigenvalue weighted by molar-refractivity contribution is 7.13. The first-order valence-electron chi connectivity index (χ1n) is 11.6. The van der Waals surface area contributed by atoms with Crippen molar-refractivity contribution in [3.8, 4) is 0 Å². The Hall–Kier alpha value is -4.07. The smallest absolute Gasteiger partial charge is 0.250 e. The Morgan fingerprint density at radius 2 is 1.92 bits per heavy atom. The SMILES string of the molecule is CC/C(=C(/c1ccc(/C=C/C(=O)Nc2nccs2)cc1)c1ccc2[nH]ncc2c1)c1ccc(F)cc1Cl. The number of aromatic nitrogens is 3. The highest BCUT2D eigenvalue weighted by atomic mass is 35.5. The van der Waals surface area contributed by atoms with Crippen LogP contribution in [-0.2, 0) is 4.79 Å². The largest absolute Gasteiger partial charge is 0.298 e. The fourth-order valence-corrected chi connectivity index (χ4v) is 5.03. The summed E-state index contributed by atoms with van der Waals surface area (Å²) in [5.41, 5.74) is 6.57. The lowest BCUT2D eigenvalue weighted by Gasteiger charge is -2.18. The van der Waals surface area contributed by atoms with Crippen molar-refractivity contribution in [3.63, 3.8) is 0 Å². The zero-order chi connectivity index (χ0) is 25.8. The van der Waals surface area contributed by atoms with Gasteiger partial charge in [-0.3, -0.25) is 15.2 Å². The molecular weight excluding hydrogens is 507 g/mol. The van der Waals surface area contributed by atoms with Crippen molar-refractivity contribution in [2.24, 2.45) is 0 Å². The van der Waals surface area contributed by atoms with E-state index in [1.54, 1.807) is 29.9 Å². The van der Waals surface area contributed by atoms with Gasteiger partial charge in [-0.2, -0.15) is 5.10 Å². The first-order valence-corrected chi connectivity index (χ1v) is 12.9. The summed E-state index contributed by atoms with van der Waals surface area (Å²) in [5, 5.41) is 13.6. The number of allylic oxidation sites excluding steroid dienone is 1. The molecule has 2 N–H and O–H groups in total. The van der Waals surface area contributed by atoms with Gasteiger partial charge in [0.15, 0.2) is 5.13 Å². The minimum absolute atomic E-state index is 0.243. The molecule has 184 valence electrons. The Bertz CT molecular complexity index is 1620. The van der Waals surface area contributed by atoms with E-state index in [9.17, 15) is 9.18 Å². The summed E-state index contributed by atoms with van der Waals surface area (Å²) in [6, 6.07) is 18.6. The number of nitrogens with one attached hydrogen (secondary N) is 2. The number of benzene rings is 3. The van der Waals surface area contributed by atoms with E-state index in [0.29, 0.717) is 16.6 Å². The van der Waals surface area contributed by atoms with Crippen LogP contribution >= 0.6 is 22.9 Å². The summed E-state index contributed by atoms with van der Waals surface area (Å²) in [5.74, 6) is -0.618. The van der Waals surface area contributed by atoms with Crippen LogP contribution in [0.5, 0.6) is 0 Å². The summed E-state index contributed by atoms with van der Waals surface area (Å²) in [6.07, 6.45) is 7.35. The molecule has 0 atom stereocenters. The fraction of sp³-hybridized carbons (Fsp3) is 0.0690. The van der Waals surface area contributed by atoms with E-state index in [4.69, 9.17) is 11.6 Å². The molecule has 0 fully saturated rings. The van der Waals surface area contributed by atoms with E-state index in [0.717, 1.165) is 44.3 Å².